The van der Waals surface area contributed by atoms with Gasteiger partial charge in [-0.1, -0.05) is 30.3 Å². The Hall–Kier alpha value is -2.88. The minimum Gasteiger partial charge on any atom is -0.326 e. The molecule has 3 aromatic rings. The van der Waals surface area contributed by atoms with Crippen LogP contribution in [0.1, 0.15) is 23.1 Å². The molecule has 0 aliphatic rings. The molecule has 0 radical (unpaired) electrons. The van der Waals surface area contributed by atoms with Gasteiger partial charge in [0.1, 0.15) is 0 Å². The normalized spacial score (nSPS) is 10.8. The molecule has 0 saturated heterocycles. The second kappa shape index (κ2) is 6.71. The number of pyridine rings is 1. The van der Waals surface area contributed by atoms with Crippen molar-refractivity contribution in [1.29, 1.82) is 0 Å². The van der Waals surface area contributed by atoms with Crippen molar-refractivity contribution < 1.29 is 4.79 Å². The van der Waals surface area contributed by atoms with Gasteiger partial charge in [-0.2, -0.15) is 0 Å². The Morgan fingerprint density at radius 2 is 1.88 bits per heavy atom. The predicted molar refractivity (Wildman–Crippen MR) is 97.4 cm³/mol. The van der Waals surface area contributed by atoms with Crippen molar-refractivity contribution in [2.45, 2.75) is 26.7 Å². The summed E-state index contributed by atoms with van der Waals surface area (Å²) in [6.45, 7) is 3.94. The summed E-state index contributed by atoms with van der Waals surface area (Å²) in [5.74, 6) is -0.0932. The van der Waals surface area contributed by atoms with Crippen LogP contribution in [0.25, 0.3) is 10.9 Å². The van der Waals surface area contributed by atoms with Gasteiger partial charge in [0.25, 0.3) is 5.56 Å². The van der Waals surface area contributed by atoms with Gasteiger partial charge in [-0.05, 0) is 55.0 Å². The molecule has 2 aromatic carbocycles. The molecule has 0 saturated carbocycles. The van der Waals surface area contributed by atoms with Crippen LogP contribution >= 0.6 is 0 Å². The summed E-state index contributed by atoms with van der Waals surface area (Å²) in [6, 6.07) is 15.4. The number of aromatic nitrogens is 1. The molecular weight excluding hydrogens is 300 g/mol. The van der Waals surface area contributed by atoms with Crippen LogP contribution in [0.2, 0.25) is 0 Å². The van der Waals surface area contributed by atoms with Crippen molar-refractivity contribution in [3.05, 3.63) is 75.6 Å². The molecule has 24 heavy (non-hydrogen) atoms. The molecule has 122 valence electrons. The fourth-order valence-electron chi connectivity index (χ4n) is 2.81. The van der Waals surface area contributed by atoms with Crippen LogP contribution in [0.15, 0.2) is 53.3 Å². The van der Waals surface area contributed by atoms with Gasteiger partial charge in [0.15, 0.2) is 0 Å². The number of carbonyl (C=O) groups is 1. The number of aryl methyl sites for hydroxylation is 3. The van der Waals surface area contributed by atoms with Gasteiger partial charge in [-0.15, -0.1) is 0 Å². The Kier molecular flexibility index (Phi) is 4.47. The molecule has 4 nitrogen and oxygen atoms in total. The van der Waals surface area contributed by atoms with Crippen LogP contribution in [0, 0.1) is 13.8 Å². The Balaban J connectivity index is 1.72. The lowest BCUT2D eigenvalue weighted by atomic mass is 10.1. The molecule has 0 unspecified atom stereocenters. The van der Waals surface area contributed by atoms with Gasteiger partial charge in [0, 0.05) is 17.7 Å². The van der Waals surface area contributed by atoms with E-state index in [-0.39, 0.29) is 17.9 Å². The number of amides is 1. The zero-order valence-corrected chi connectivity index (χ0v) is 13.8. The van der Waals surface area contributed by atoms with E-state index in [2.05, 4.69) is 10.3 Å². The minimum atomic E-state index is -0.125. The fraction of sp³-hybridized carbons (Fsp3) is 0.200. The van der Waals surface area contributed by atoms with E-state index in [4.69, 9.17) is 0 Å². The molecule has 0 spiro atoms. The summed E-state index contributed by atoms with van der Waals surface area (Å²) < 4.78 is 0. The van der Waals surface area contributed by atoms with E-state index in [0.29, 0.717) is 12.0 Å². The summed E-state index contributed by atoms with van der Waals surface area (Å²) >= 11 is 0. The number of fused-ring (bicyclic) bond motifs is 1. The molecule has 0 fully saturated rings. The standard InChI is InChI=1S/C20H20N2O2/c1-13-5-3-8-17(11-13)21-18(23)10-9-16-12-15-7-4-6-14(2)19(15)22-20(16)24/h3-8,11-12H,9-10H2,1-2H3,(H,21,23)(H,22,24). The van der Waals surface area contributed by atoms with Crippen LogP contribution in [-0.4, -0.2) is 10.9 Å². The lowest BCUT2D eigenvalue weighted by Crippen LogP contribution is -2.17. The summed E-state index contributed by atoms with van der Waals surface area (Å²) in [4.78, 5) is 27.2. The van der Waals surface area contributed by atoms with E-state index in [1.807, 2.05) is 62.4 Å². The number of anilines is 1. The van der Waals surface area contributed by atoms with Crippen molar-refractivity contribution in [2.24, 2.45) is 0 Å². The van der Waals surface area contributed by atoms with Crippen LogP contribution in [0.5, 0.6) is 0 Å². The van der Waals surface area contributed by atoms with Crippen molar-refractivity contribution in [3.8, 4) is 0 Å². The first-order valence-corrected chi connectivity index (χ1v) is 8.01. The Morgan fingerprint density at radius 3 is 2.67 bits per heavy atom. The highest BCUT2D eigenvalue weighted by atomic mass is 16.1. The van der Waals surface area contributed by atoms with E-state index < -0.39 is 0 Å². The maximum atomic E-state index is 12.2. The van der Waals surface area contributed by atoms with E-state index >= 15 is 0 Å². The Bertz CT molecular complexity index is 957. The number of hydrogen-bond acceptors (Lipinski definition) is 2. The first kappa shape index (κ1) is 16.0. The summed E-state index contributed by atoms with van der Waals surface area (Å²) in [6.07, 6.45) is 0.686. The number of hydrogen-bond donors (Lipinski definition) is 2. The van der Waals surface area contributed by atoms with Crippen molar-refractivity contribution in [3.63, 3.8) is 0 Å². The zero-order valence-electron chi connectivity index (χ0n) is 13.8. The number of carbonyl (C=O) groups excluding carboxylic acids is 1. The van der Waals surface area contributed by atoms with Crippen LogP contribution in [0.4, 0.5) is 5.69 Å². The van der Waals surface area contributed by atoms with E-state index in [1.165, 1.54) is 0 Å². The molecule has 4 heteroatoms. The first-order valence-electron chi connectivity index (χ1n) is 8.01. The van der Waals surface area contributed by atoms with Crippen LogP contribution < -0.4 is 10.9 Å². The lowest BCUT2D eigenvalue weighted by molar-refractivity contribution is -0.116. The molecule has 0 aliphatic carbocycles. The number of aromatic amines is 1. The van der Waals surface area contributed by atoms with Gasteiger partial charge < -0.3 is 10.3 Å². The smallest absolute Gasteiger partial charge is 0.251 e. The Labute approximate surface area is 140 Å². The third kappa shape index (κ3) is 3.54. The quantitative estimate of drug-likeness (QED) is 0.769. The number of para-hydroxylation sites is 1. The molecule has 2 N–H and O–H groups in total. The average Bonchev–Trinajstić information content (AvgIpc) is 2.54. The maximum Gasteiger partial charge on any atom is 0.251 e. The molecule has 0 aliphatic heterocycles. The van der Waals surface area contributed by atoms with Gasteiger partial charge in [0.05, 0.1) is 5.52 Å². The highest BCUT2D eigenvalue weighted by Gasteiger charge is 2.08. The summed E-state index contributed by atoms with van der Waals surface area (Å²) in [5.41, 5.74) is 4.27. The first-order chi connectivity index (χ1) is 11.5. The second-order valence-corrected chi connectivity index (χ2v) is 6.08. The molecule has 1 amide bonds. The molecular formula is C20H20N2O2. The third-order valence-electron chi connectivity index (χ3n) is 4.09. The molecule has 3 rings (SSSR count). The fourth-order valence-corrected chi connectivity index (χ4v) is 2.81. The van der Waals surface area contributed by atoms with E-state index in [0.717, 1.165) is 27.7 Å². The topological polar surface area (TPSA) is 62.0 Å². The van der Waals surface area contributed by atoms with E-state index in [9.17, 15) is 9.59 Å². The number of benzene rings is 2. The van der Waals surface area contributed by atoms with Gasteiger partial charge >= 0.3 is 0 Å². The molecule has 1 aromatic heterocycles. The highest BCUT2D eigenvalue weighted by molar-refractivity contribution is 5.91. The van der Waals surface area contributed by atoms with Crippen LogP contribution in [0.3, 0.4) is 0 Å². The van der Waals surface area contributed by atoms with Crippen LogP contribution in [-0.2, 0) is 11.2 Å². The lowest BCUT2D eigenvalue weighted by Gasteiger charge is -2.07. The van der Waals surface area contributed by atoms with Gasteiger partial charge in [-0.3, -0.25) is 9.59 Å². The van der Waals surface area contributed by atoms with Crippen molar-refractivity contribution in [2.75, 3.05) is 5.32 Å². The highest BCUT2D eigenvalue weighted by Crippen LogP contribution is 2.16. The SMILES string of the molecule is Cc1cccc(NC(=O)CCc2cc3cccc(C)c3[nH]c2=O)c1. The minimum absolute atomic E-state index is 0.0932. The summed E-state index contributed by atoms with van der Waals surface area (Å²) in [7, 11) is 0. The largest absolute Gasteiger partial charge is 0.326 e. The molecule has 1 heterocycles. The molecule has 0 bridgehead atoms. The molecule has 0 atom stereocenters. The zero-order chi connectivity index (χ0) is 17.1. The maximum absolute atomic E-state index is 12.2. The monoisotopic (exact) mass is 320 g/mol. The Morgan fingerprint density at radius 1 is 1.08 bits per heavy atom. The van der Waals surface area contributed by atoms with Gasteiger partial charge in [-0.25, -0.2) is 0 Å². The second-order valence-electron chi connectivity index (χ2n) is 6.08. The van der Waals surface area contributed by atoms with Gasteiger partial charge in [0.2, 0.25) is 5.91 Å². The number of H-pyrrole nitrogens is 1. The van der Waals surface area contributed by atoms with Crippen molar-refractivity contribution >= 4 is 22.5 Å². The third-order valence-corrected chi connectivity index (χ3v) is 4.09. The van der Waals surface area contributed by atoms with Crippen molar-refractivity contribution in [1.82, 2.24) is 4.98 Å². The predicted octanol–water partition coefficient (Wildman–Crippen LogP) is 3.72. The number of rotatable bonds is 4. The summed E-state index contributed by atoms with van der Waals surface area (Å²) in [5, 5.41) is 3.86. The average molecular weight is 320 g/mol. The van der Waals surface area contributed by atoms with E-state index in [1.54, 1.807) is 0 Å². The number of nitrogens with one attached hydrogen (secondary N) is 2.